The Hall–Kier alpha value is -0.570. The lowest BCUT2D eigenvalue weighted by molar-refractivity contribution is -0.122. The molecule has 3 nitrogen and oxygen atoms in total. The molecule has 3 N–H and O–H groups in total. The van der Waals surface area contributed by atoms with Gasteiger partial charge in [-0.25, -0.2) is 0 Å². The number of hydrogen-bond donors (Lipinski definition) is 1. The molecule has 4 heavy (non-hydrogen) atoms. The van der Waals surface area contributed by atoms with Crippen LogP contribution in [-0.4, -0.2) is 17.1 Å². The van der Waals surface area contributed by atoms with Crippen molar-refractivity contribution < 1.29 is 15.4 Å². The van der Waals surface area contributed by atoms with Crippen molar-refractivity contribution >= 4 is 6.47 Å². The highest BCUT2D eigenvalue weighted by molar-refractivity contribution is 5.32. The van der Waals surface area contributed by atoms with E-state index in [0.717, 1.165) is 0 Å². The minimum atomic E-state index is -0.250. The van der Waals surface area contributed by atoms with Crippen molar-refractivity contribution in [2.75, 3.05) is 0 Å². The molecule has 0 rings (SSSR count). The molecule has 0 aliphatic heterocycles. The molecule has 3 heteroatoms. The minimum absolute atomic E-state index is 0. The maximum absolute atomic E-state index is 8.36. The number of carboxylic acid groups (broad SMARTS) is 1. The highest BCUT2D eigenvalue weighted by Gasteiger charge is 1.22. The first-order valence-corrected chi connectivity index (χ1v) is 0.494. The fourth-order valence-corrected chi connectivity index (χ4v) is 0. The topological polar surface area (TPSA) is 68.8 Å². The quantitative estimate of drug-likeness (QED) is 0.362. The Labute approximate surface area is 23.2 Å². The van der Waals surface area contributed by atoms with Crippen molar-refractivity contribution in [2.24, 2.45) is 0 Å². The van der Waals surface area contributed by atoms with Gasteiger partial charge in [0.1, 0.15) is 0 Å². The van der Waals surface area contributed by atoms with Gasteiger partial charge in [0.25, 0.3) is 6.47 Å². The molecule has 0 aromatic rings. The lowest BCUT2D eigenvalue weighted by Gasteiger charge is -1.34. The van der Waals surface area contributed by atoms with E-state index in [2.05, 4.69) is 0 Å². The molecule has 0 amide bonds. The first-order chi connectivity index (χ1) is 1.41. The zero-order valence-electron chi connectivity index (χ0n) is 1.93. The smallest absolute Gasteiger partial charge is 0.290 e. The van der Waals surface area contributed by atoms with Crippen LogP contribution in [-0.2, 0) is 4.79 Å². The van der Waals surface area contributed by atoms with Gasteiger partial charge in [-0.15, -0.1) is 0 Å². The highest BCUT2D eigenvalue weighted by atomic mass is 16.3. The summed E-state index contributed by atoms with van der Waals surface area (Å²) < 4.78 is 0. The summed E-state index contributed by atoms with van der Waals surface area (Å²) in [5.74, 6) is 0. The molecule has 0 aliphatic carbocycles. The predicted molar refractivity (Wildman–Crippen MR) is 12.3 cm³/mol. The molecule has 0 bridgehead atoms. The number of carbonyl (C=O) groups is 1. The van der Waals surface area contributed by atoms with E-state index in [0.29, 0.717) is 0 Å². The molecule has 0 atom stereocenters. The molecule has 0 aromatic heterocycles. The Bertz CT molecular complexity index is 10.8. The standard InChI is InChI=1S/CH2O2.H2O/c2-1-3;/h1H,(H,2,3);1H2. The molecular weight excluding hydrogens is 60.0 g/mol. The molecule has 0 fully saturated rings. The van der Waals surface area contributed by atoms with Crippen LogP contribution in [0, 0.1) is 0 Å². The van der Waals surface area contributed by atoms with Crippen molar-refractivity contribution in [3.05, 3.63) is 0 Å². The van der Waals surface area contributed by atoms with Crippen LogP contribution in [0.2, 0.25) is 0 Å². The van der Waals surface area contributed by atoms with Crippen LogP contribution in [0.1, 0.15) is 0 Å². The largest absolute Gasteiger partial charge is 0.483 e. The van der Waals surface area contributed by atoms with Crippen LogP contribution >= 0.6 is 0 Å². The molecule has 26 valence electrons. The van der Waals surface area contributed by atoms with E-state index < -0.39 is 0 Å². The van der Waals surface area contributed by atoms with Gasteiger partial charge in [0.2, 0.25) is 0 Å². The lowest BCUT2D eigenvalue weighted by Crippen LogP contribution is -1.49. The van der Waals surface area contributed by atoms with Crippen molar-refractivity contribution in [1.82, 2.24) is 0 Å². The molecular formula is CH4O3. The van der Waals surface area contributed by atoms with Crippen LogP contribution < -0.4 is 0 Å². The van der Waals surface area contributed by atoms with Crippen LogP contribution in [0.4, 0.5) is 0 Å². The molecule has 0 spiro atoms. The zero-order valence-corrected chi connectivity index (χ0v) is 1.93. The second-order valence-corrected chi connectivity index (χ2v) is 0.105. The van der Waals surface area contributed by atoms with Crippen molar-refractivity contribution in [3.8, 4) is 0 Å². The summed E-state index contributed by atoms with van der Waals surface area (Å²) in [5.41, 5.74) is 0. The van der Waals surface area contributed by atoms with Crippen LogP contribution in [0.25, 0.3) is 0 Å². The third kappa shape index (κ3) is 0.814. The van der Waals surface area contributed by atoms with Gasteiger partial charge < -0.3 is 10.6 Å². The van der Waals surface area contributed by atoms with E-state index in [9.17, 15) is 0 Å². The molecule has 0 heterocycles. The van der Waals surface area contributed by atoms with Crippen LogP contribution in [0.3, 0.4) is 0 Å². The predicted octanol–water partition coefficient (Wildman–Crippen LogP) is -1.12. The lowest BCUT2D eigenvalue weighted by atomic mass is 11.7. The third-order valence-electron chi connectivity index (χ3n) is 0. The molecule has 0 aliphatic rings. The maximum atomic E-state index is 8.36. The summed E-state index contributed by atoms with van der Waals surface area (Å²) in [4.78, 5) is 8.36. The zero-order chi connectivity index (χ0) is 2.71. The van der Waals surface area contributed by atoms with Gasteiger partial charge in [0.15, 0.2) is 0 Å². The summed E-state index contributed by atoms with van der Waals surface area (Å²) in [6.07, 6.45) is 0. The van der Waals surface area contributed by atoms with Crippen LogP contribution in [0.5, 0.6) is 0 Å². The average Bonchev–Trinajstić information content (AvgIpc) is 0.918. The van der Waals surface area contributed by atoms with E-state index in [4.69, 9.17) is 9.90 Å². The van der Waals surface area contributed by atoms with Gasteiger partial charge in [0, 0.05) is 0 Å². The van der Waals surface area contributed by atoms with Crippen molar-refractivity contribution in [1.29, 1.82) is 0 Å². The van der Waals surface area contributed by atoms with Gasteiger partial charge >= 0.3 is 0 Å². The van der Waals surface area contributed by atoms with E-state index >= 15 is 0 Å². The second-order valence-electron chi connectivity index (χ2n) is 0.105. The highest BCUT2D eigenvalue weighted by Crippen LogP contribution is 0.966. The van der Waals surface area contributed by atoms with Crippen molar-refractivity contribution in [3.63, 3.8) is 0 Å². The Balaban J connectivity index is 0. The van der Waals surface area contributed by atoms with Gasteiger partial charge in [-0.3, -0.25) is 4.79 Å². The number of rotatable bonds is 0. The fraction of sp³-hybridized carbons (Fsp3) is 0. The summed E-state index contributed by atoms with van der Waals surface area (Å²) in [5, 5.41) is 6.89. The van der Waals surface area contributed by atoms with Crippen LogP contribution in [0.15, 0.2) is 0 Å². The van der Waals surface area contributed by atoms with Gasteiger partial charge in [0.05, 0.1) is 0 Å². The summed E-state index contributed by atoms with van der Waals surface area (Å²) in [6.45, 7) is -0.250. The Morgan fingerprint density at radius 2 is 1.75 bits per heavy atom. The van der Waals surface area contributed by atoms with E-state index in [-0.39, 0.29) is 11.9 Å². The summed E-state index contributed by atoms with van der Waals surface area (Å²) in [6, 6.07) is 0. The van der Waals surface area contributed by atoms with Gasteiger partial charge in [-0.1, -0.05) is 0 Å². The fourth-order valence-electron chi connectivity index (χ4n) is 0. The minimum Gasteiger partial charge on any atom is -0.483 e. The molecule has 0 unspecified atom stereocenters. The maximum Gasteiger partial charge on any atom is 0.290 e. The monoisotopic (exact) mass is 64.0 g/mol. The van der Waals surface area contributed by atoms with Crippen molar-refractivity contribution in [2.45, 2.75) is 0 Å². The summed E-state index contributed by atoms with van der Waals surface area (Å²) in [7, 11) is 0. The molecule has 0 saturated heterocycles. The SMILES string of the molecule is O.O=CO. The van der Waals surface area contributed by atoms with E-state index in [1.54, 1.807) is 0 Å². The first-order valence-electron chi connectivity index (χ1n) is 0.494. The van der Waals surface area contributed by atoms with Gasteiger partial charge in [-0.05, 0) is 0 Å². The average molecular weight is 64.0 g/mol. The number of hydrogen-bond acceptors (Lipinski definition) is 1. The first kappa shape index (κ1) is 9.90. The second kappa shape index (κ2) is 26.9. The molecule has 0 saturated carbocycles. The summed E-state index contributed by atoms with van der Waals surface area (Å²) >= 11 is 0. The van der Waals surface area contributed by atoms with Gasteiger partial charge in [-0.2, -0.15) is 0 Å². The molecule has 0 aromatic carbocycles. The molecule has 0 radical (unpaired) electrons. The Kier molecular flexibility index (Phi) is 66.5. The third-order valence-corrected chi connectivity index (χ3v) is 0. The van der Waals surface area contributed by atoms with E-state index in [1.807, 2.05) is 0 Å². The Morgan fingerprint density at radius 1 is 1.75 bits per heavy atom. The Morgan fingerprint density at radius 3 is 1.75 bits per heavy atom. The van der Waals surface area contributed by atoms with E-state index in [1.165, 1.54) is 0 Å². The normalized spacial score (nSPS) is 3.00.